The van der Waals surface area contributed by atoms with Gasteiger partial charge in [0.15, 0.2) is 0 Å². The molecule has 0 saturated heterocycles. The van der Waals surface area contributed by atoms with Crippen molar-refractivity contribution in [2.24, 2.45) is 5.73 Å². The van der Waals surface area contributed by atoms with E-state index < -0.39 is 18.4 Å². The fourth-order valence-electron chi connectivity index (χ4n) is 0.320. The summed E-state index contributed by atoms with van der Waals surface area (Å²) in [6, 6.07) is 0. The molecule has 11 heavy (non-hydrogen) atoms. The molecule has 0 aromatic carbocycles. The molecule has 0 radical (unpaired) electrons. The lowest BCUT2D eigenvalue weighted by molar-refractivity contribution is -0.169. The summed E-state index contributed by atoms with van der Waals surface area (Å²) in [5.74, 6) is -5.09. The lowest BCUT2D eigenvalue weighted by Crippen LogP contribution is -2.38. The average molecular weight is 190 g/mol. The van der Waals surface area contributed by atoms with Crippen LogP contribution >= 0.6 is 12.4 Å². The maximum absolute atomic E-state index is 12.1. The number of esters is 1. The van der Waals surface area contributed by atoms with Gasteiger partial charge in [-0.15, -0.1) is 12.4 Å². The second kappa shape index (κ2) is 5.26. The highest BCUT2D eigenvalue weighted by Gasteiger charge is 2.38. The highest BCUT2D eigenvalue weighted by Crippen LogP contribution is 2.12. The molecular weight excluding hydrogens is 180 g/mol. The number of halogens is 3. The van der Waals surface area contributed by atoms with Crippen LogP contribution in [0.2, 0.25) is 0 Å². The topological polar surface area (TPSA) is 52.3 Å². The van der Waals surface area contributed by atoms with Crippen LogP contribution in [0.1, 0.15) is 6.92 Å². The summed E-state index contributed by atoms with van der Waals surface area (Å²) >= 11 is 0. The van der Waals surface area contributed by atoms with Gasteiger partial charge < -0.3 is 10.5 Å². The highest BCUT2D eigenvalue weighted by molar-refractivity contribution is 5.85. The van der Waals surface area contributed by atoms with Crippen molar-refractivity contribution < 1.29 is 18.3 Å². The molecule has 0 aliphatic heterocycles. The van der Waals surface area contributed by atoms with Crippen LogP contribution < -0.4 is 5.73 Å². The van der Waals surface area contributed by atoms with Gasteiger partial charge in [0.1, 0.15) is 0 Å². The van der Waals surface area contributed by atoms with Gasteiger partial charge >= 0.3 is 11.9 Å². The summed E-state index contributed by atoms with van der Waals surface area (Å²) < 4.78 is 28.3. The first-order valence-electron chi connectivity index (χ1n) is 2.79. The normalized spacial score (nSPS) is 10.2. The Morgan fingerprint density at radius 1 is 1.64 bits per heavy atom. The van der Waals surface area contributed by atoms with E-state index in [-0.39, 0.29) is 19.0 Å². The molecule has 0 aromatic heterocycles. The molecule has 0 atom stereocenters. The van der Waals surface area contributed by atoms with Crippen LogP contribution in [0, 0.1) is 0 Å². The fraction of sp³-hybridized carbons (Fsp3) is 0.800. The number of nitrogens with two attached hydrogens (primary N) is 1. The number of carbonyl (C=O) groups is 1. The van der Waals surface area contributed by atoms with Crippen LogP contribution in [-0.4, -0.2) is 25.0 Å². The van der Waals surface area contributed by atoms with Crippen LogP contribution in [-0.2, 0) is 9.53 Å². The summed E-state index contributed by atoms with van der Waals surface area (Å²) in [4.78, 5) is 10.2. The van der Waals surface area contributed by atoms with Crippen molar-refractivity contribution in [3.63, 3.8) is 0 Å². The second-order valence-electron chi connectivity index (χ2n) is 1.63. The first kappa shape index (κ1) is 13.2. The van der Waals surface area contributed by atoms with Gasteiger partial charge in [-0.1, -0.05) is 0 Å². The quantitative estimate of drug-likeness (QED) is 0.661. The fourth-order valence-corrected chi connectivity index (χ4v) is 0.320. The molecule has 0 bridgehead atoms. The monoisotopic (exact) mass is 189 g/mol. The van der Waals surface area contributed by atoms with Gasteiger partial charge in [-0.25, -0.2) is 4.79 Å². The Kier molecular flexibility index (Phi) is 6.31. The zero-order chi connectivity index (χ0) is 8.20. The van der Waals surface area contributed by atoms with Gasteiger partial charge in [0.25, 0.3) is 0 Å². The second-order valence-corrected chi connectivity index (χ2v) is 1.63. The largest absolute Gasteiger partial charge is 0.462 e. The molecule has 0 fully saturated rings. The van der Waals surface area contributed by atoms with Crippen LogP contribution in [0.25, 0.3) is 0 Å². The zero-order valence-corrected chi connectivity index (χ0v) is 6.79. The first-order chi connectivity index (χ1) is 4.54. The van der Waals surface area contributed by atoms with E-state index in [4.69, 9.17) is 0 Å². The lowest BCUT2D eigenvalue weighted by atomic mass is 10.3. The number of alkyl halides is 2. The Morgan fingerprint density at radius 2 is 2.09 bits per heavy atom. The zero-order valence-electron chi connectivity index (χ0n) is 5.97. The molecule has 0 aliphatic carbocycles. The van der Waals surface area contributed by atoms with Crippen LogP contribution in [0.5, 0.6) is 0 Å². The molecule has 68 valence electrons. The summed E-state index contributed by atoms with van der Waals surface area (Å²) in [5, 5.41) is 0. The van der Waals surface area contributed by atoms with Crippen molar-refractivity contribution in [2.75, 3.05) is 13.2 Å². The van der Waals surface area contributed by atoms with Gasteiger partial charge in [0.05, 0.1) is 13.2 Å². The smallest absolute Gasteiger partial charge is 0.378 e. The number of ether oxygens (including phenoxy) is 1. The first-order valence-corrected chi connectivity index (χ1v) is 2.79. The molecule has 0 heterocycles. The van der Waals surface area contributed by atoms with Gasteiger partial charge in [0.2, 0.25) is 0 Å². The van der Waals surface area contributed by atoms with Gasteiger partial charge in [0, 0.05) is 0 Å². The number of carbonyl (C=O) groups excluding carboxylic acids is 1. The minimum absolute atomic E-state index is 0. The van der Waals surface area contributed by atoms with E-state index in [1.807, 2.05) is 0 Å². The van der Waals surface area contributed by atoms with Gasteiger partial charge in [-0.3, -0.25) is 0 Å². The van der Waals surface area contributed by atoms with Crippen molar-refractivity contribution in [1.29, 1.82) is 0 Å². The van der Waals surface area contributed by atoms with Gasteiger partial charge in [-0.05, 0) is 6.92 Å². The Morgan fingerprint density at radius 3 is 2.36 bits per heavy atom. The SMILES string of the molecule is CCOC(=O)C(F)(F)CN.Cl. The number of hydrogen-bond donors (Lipinski definition) is 1. The van der Waals surface area contributed by atoms with Crippen molar-refractivity contribution >= 4 is 18.4 Å². The Hall–Kier alpha value is -0.420. The maximum Gasteiger partial charge on any atom is 0.378 e. The summed E-state index contributed by atoms with van der Waals surface area (Å²) in [6.45, 7) is 0.380. The molecule has 3 nitrogen and oxygen atoms in total. The minimum atomic E-state index is -3.53. The third-order valence-electron chi connectivity index (χ3n) is 0.830. The van der Waals surface area contributed by atoms with Crippen molar-refractivity contribution in [3.8, 4) is 0 Å². The predicted octanol–water partition coefficient (Wildman–Crippen LogP) is 0.565. The van der Waals surface area contributed by atoms with E-state index in [0.717, 1.165) is 0 Å². The van der Waals surface area contributed by atoms with E-state index in [0.29, 0.717) is 0 Å². The van der Waals surface area contributed by atoms with E-state index in [1.165, 1.54) is 6.92 Å². The Labute approximate surface area is 69.3 Å². The summed E-state index contributed by atoms with van der Waals surface area (Å²) in [6.07, 6.45) is 0. The Balaban J connectivity index is 0. The third-order valence-corrected chi connectivity index (χ3v) is 0.830. The molecule has 0 unspecified atom stereocenters. The Bertz CT molecular complexity index is 132. The lowest BCUT2D eigenvalue weighted by Gasteiger charge is -2.10. The summed E-state index contributed by atoms with van der Waals surface area (Å²) in [7, 11) is 0. The highest BCUT2D eigenvalue weighted by atomic mass is 35.5. The molecule has 6 heteroatoms. The van der Waals surface area contributed by atoms with Crippen LogP contribution in [0.3, 0.4) is 0 Å². The van der Waals surface area contributed by atoms with Crippen molar-refractivity contribution in [3.05, 3.63) is 0 Å². The third kappa shape index (κ3) is 4.10. The number of rotatable bonds is 3. The molecular formula is C5H10ClF2NO2. The molecule has 0 rings (SSSR count). The van der Waals surface area contributed by atoms with Crippen molar-refractivity contribution in [2.45, 2.75) is 12.8 Å². The minimum Gasteiger partial charge on any atom is -0.462 e. The predicted molar refractivity (Wildman–Crippen MR) is 37.9 cm³/mol. The maximum atomic E-state index is 12.1. The van der Waals surface area contributed by atoms with Crippen molar-refractivity contribution in [1.82, 2.24) is 0 Å². The van der Waals surface area contributed by atoms with Crippen LogP contribution in [0.15, 0.2) is 0 Å². The molecule has 0 aliphatic rings. The standard InChI is InChI=1S/C5H9F2NO2.ClH/c1-2-10-4(9)5(6,7)3-8;/h2-3,8H2,1H3;1H. The van der Waals surface area contributed by atoms with E-state index >= 15 is 0 Å². The van der Waals surface area contributed by atoms with E-state index in [2.05, 4.69) is 10.5 Å². The molecule has 0 spiro atoms. The van der Waals surface area contributed by atoms with Gasteiger partial charge in [-0.2, -0.15) is 8.78 Å². The molecule has 0 amide bonds. The molecule has 2 N–H and O–H groups in total. The van der Waals surface area contributed by atoms with E-state index in [9.17, 15) is 13.6 Å². The average Bonchev–Trinajstić information content (AvgIpc) is 1.89. The number of hydrogen-bond acceptors (Lipinski definition) is 3. The van der Waals surface area contributed by atoms with Crippen LogP contribution in [0.4, 0.5) is 8.78 Å². The van der Waals surface area contributed by atoms with E-state index in [1.54, 1.807) is 0 Å². The molecule has 0 saturated carbocycles. The summed E-state index contributed by atoms with van der Waals surface area (Å²) in [5.41, 5.74) is 4.59. The molecule has 0 aromatic rings.